The molecular formula is C30H39N3O4. The number of amides is 2. The molecule has 2 aromatic rings. The number of likely N-dealkylation sites (tertiary alicyclic amines) is 1. The molecule has 5 rings (SSSR count). The first-order chi connectivity index (χ1) is 17.6. The Morgan fingerprint density at radius 3 is 2.59 bits per heavy atom. The Bertz CT molecular complexity index is 1180. The summed E-state index contributed by atoms with van der Waals surface area (Å²) in [5, 5.41) is 3.88. The smallest absolute Gasteiger partial charge is 0.410 e. The summed E-state index contributed by atoms with van der Waals surface area (Å²) in [4.78, 5) is 29.6. The number of rotatable bonds is 3. The first-order valence-corrected chi connectivity index (χ1v) is 13.4. The molecule has 7 heteroatoms. The maximum absolute atomic E-state index is 13.4. The number of carbonyl (C=O) groups excluding carboxylic acids is 2. The highest BCUT2D eigenvalue weighted by Crippen LogP contribution is 2.50. The molecule has 0 saturated carbocycles. The fourth-order valence-electron chi connectivity index (χ4n) is 6.49. The van der Waals surface area contributed by atoms with Crippen molar-refractivity contribution in [3.05, 3.63) is 59.2 Å². The lowest BCUT2D eigenvalue weighted by Gasteiger charge is -2.48. The molecule has 1 spiro atoms. The molecule has 2 fully saturated rings. The number of nitrogens with zero attached hydrogens (tertiary/aromatic N) is 2. The topological polar surface area (TPSA) is 71.1 Å². The largest absolute Gasteiger partial charge is 0.496 e. The lowest BCUT2D eigenvalue weighted by molar-refractivity contribution is -0.118. The van der Waals surface area contributed by atoms with Gasteiger partial charge in [0.25, 0.3) is 0 Å². The first kappa shape index (κ1) is 25.6. The molecule has 3 unspecified atom stereocenters. The maximum atomic E-state index is 13.4. The van der Waals surface area contributed by atoms with Gasteiger partial charge in [0.1, 0.15) is 11.4 Å². The van der Waals surface area contributed by atoms with E-state index in [-0.39, 0.29) is 29.5 Å². The van der Waals surface area contributed by atoms with Crippen molar-refractivity contribution < 1.29 is 19.1 Å². The van der Waals surface area contributed by atoms with E-state index in [0.29, 0.717) is 13.0 Å². The van der Waals surface area contributed by atoms with Crippen molar-refractivity contribution in [2.45, 2.75) is 76.0 Å². The Hall–Kier alpha value is -3.06. The van der Waals surface area contributed by atoms with Gasteiger partial charge < -0.3 is 19.7 Å². The van der Waals surface area contributed by atoms with Crippen LogP contribution in [0.4, 0.5) is 10.5 Å². The zero-order valence-corrected chi connectivity index (χ0v) is 22.7. The summed E-state index contributed by atoms with van der Waals surface area (Å²) in [5.41, 5.74) is 3.52. The van der Waals surface area contributed by atoms with Crippen molar-refractivity contribution in [3.8, 4) is 5.75 Å². The van der Waals surface area contributed by atoms with Crippen LogP contribution in [0.15, 0.2) is 42.5 Å². The third-order valence-corrected chi connectivity index (χ3v) is 8.13. The second-order valence-electron chi connectivity index (χ2n) is 11.7. The SMILES string of the molecule is COc1cc2c(cc1C1CNC3(CCCN(C(=O)OC(C)(C)C)C3c3ccccc3)C1)N(C)C(=O)CC2. The Kier molecular flexibility index (Phi) is 6.69. The number of anilines is 1. The highest BCUT2D eigenvalue weighted by atomic mass is 16.6. The van der Waals surface area contributed by atoms with Gasteiger partial charge in [0.15, 0.2) is 0 Å². The molecule has 2 amide bonds. The molecule has 3 heterocycles. The van der Waals surface area contributed by atoms with Crippen molar-refractivity contribution >= 4 is 17.7 Å². The number of aryl methyl sites for hydroxylation is 1. The lowest BCUT2D eigenvalue weighted by atomic mass is 9.74. The quantitative estimate of drug-likeness (QED) is 0.622. The van der Waals surface area contributed by atoms with Crippen LogP contribution in [0.2, 0.25) is 0 Å². The second-order valence-corrected chi connectivity index (χ2v) is 11.7. The summed E-state index contributed by atoms with van der Waals surface area (Å²) in [6, 6.07) is 14.4. The number of nitrogens with one attached hydrogen (secondary N) is 1. The molecule has 3 aliphatic heterocycles. The van der Waals surface area contributed by atoms with E-state index in [1.165, 1.54) is 0 Å². The molecule has 0 aliphatic carbocycles. The van der Waals surface area contributed by atoms with Crippen molar-refractivity contribution in [2.75, 3.05) is 32.1 Å². The van der Waals surface area contributed by atoms with Gasteiger partial charge in [-0.2, -0.15) is 0 Å². The van der Waals surface area contributed by atoms with Crippen LogP contribution in [0.1, 0.15) is 75.1 Å². The number of carbonyl (C=O) groups is 2. The van der Waals surface area contributed by atoms with Crippen molar-refractivity contribution in [1.82, 2.24) is 10.2 Å². The Labute approximate surface area is 220 Å². The molecule has 0 aromatic heterocycles. The van der Waals surface area contributed by atoms with Gasteiger partial charge in [0.05, 0.1) is 13.2 Å². The normalized spacial score (nSPS) is 25.8. The van der Waals surface area contributed by atoms with Gasteiger partial charge >= 0.3 is 6.09 Å². The molecule has 0 bridgehead atoms. The number of hydrogen-bond acceptors (Lipinski definition) is 5. The lowest BCUT2D eigenvalue weighted by Crippen LogP contribution is -2.58. The van der Waals surface area contributed by atoms with Crippen LogP contribution in [-0.4, -0.2) is 55.3 Å². The third kappa shape index (κ3) is 4.81. The Balaban J connectivity index is 1.51. The van der Waals surface area contributed by atoms with Gasteiger partial charge in [-0.1, -0.05) is 30.3 Å². The van der Waals surface area contributed by atoms with Crippen molar-refractivity contribution in [3.63, 3.8) is 0 Å². The highest BCUT2D eigenvalue weighted by Gasteiger charge is 2.52. The van der Waals surface area contributed by atoms with Gasteiger partial charge in [0, 0.05) is 49.3 Å². The Morgan fingerprint density at radius 2 is 1.89 bits per heavy atom. The summed E-state index contributed by atoms with van der Waals surface area (Å²) in [7, 11) is 3.58. The average molecular weight is 506 g/mol. The van der Waals surface area contributed by atoms with Crippen LogP contribution in [0.25, 0.3) is 0 Å². The number of methoxy groups -OCH3 is 1. The number of benzene rings is 2. The van der Waals surface area contributed by atoms with E-state index >= 15 is 0 Å². The summed E-state index contributed by atoms with van der Waals surface area (Å²) in [5.74, 6) is 1.21. The molecule has 2 saturated heterocycles. The van der Waals surface area contributed by atoms with E-state index in [1.54, 1.807) is 12.0 Å². The zero-order valence-electron chi connectivity index (χ0n) is 22.7. The van der Waals surface area contributed by atoms with Crippen LogP contribution < -0.4 is 15.0 Å². The zero-order chi connectivity index (χ0) is 26.4. The minimum atomic E-state index is -0.561. The van der Waals surface area contributed by atoms with Gasteiger partial charge in [-0.15, -0.1) is 0 Å². The first-order valence-electron chi connectivity index (χ1n) is 13.4. The number of piperidine rings is 1. The highest BCUT2D eigenvalue weighted by molar-refractivity contribution is 5.96. The summed E-state index contributed by atoms with van der Waals surface area (Å²) >= 11 is 0. The van der Waals surface area contributed by atoms with Gasteiger partial charge in [-0.25, -0.2) is 4.79 Å². The predicted molar refractivity (Wildman–Crippen MR) is 144 cm³/mol. The standard InChI is InChI=1S/C30H39N3O4/c1-29(2,3)37-28(35)33-15-9-14-30(27(33)20-10-7-6-8-11-20)18-22(19-31-30)23-17-24-21(16-25(23)36-5)12-13-26(34)32(24)4/h6-8,10-11,16-17,22,27,31H,9,12-15,18-19H2,1-5H3. The molecule has 1 N–H and O–H groups in total. The molecule has 7 nitrogen and oxygen atoms in total. The summed E-state index contributed by atoms with van der Waals surface area (Å²) in [6.07, 6.45) is 3.73. The van der Waals surface area contributed by atoms with E-state index in [9.17, 15) is 9.59 Å². The predicted octanol–water partition coefficient (Wildman–Crippen LogP) is 5.19. The molecule has 3 aliphatic rings. The average Bonchev–Trinajstić information content (AvgIpc) is 3.28. The van der Waals surface area contributed by atoms with Gasteiger partial charge in [-0.3, -0.25) is 9.69 Å². The fraction of sp³-hybridized carbons (Fsp3) is 0.533. The van der Waals surface area contributed by atoms with Gasteiger partial charge in [-0.05, 0) is 69.7 Å². The van der Waals surface area contributed by atoms with E-state index in [4.69, 9.17) is 9.47 Å². The molecule has 2 aromatic carbocycles. The monoisotopic (exact) mass is 505 g/mol. The van der Waals surface area contributed by atoms with Gasteiger partial charge in [0.2, 0.25) is 5.91 Å². The molecule has 0 radical (unpaired) electrons. The van der Waals surface area contributed by atoms with Crippen LogP contribution in [0.3, 0.4) is 0 Å². The maximum Gasteiger partial charge on any atom is 0.410 e. The van der Waals surface area contributed by atoms with Crippen LogP contribution in [0, 0.1) is 0 Å². The Morgan fingerprint density at radius 1 is 1.14 bits per heavy atom. The molecular weight excluding hydrogens is 466 g/mol. The molecule has 37 heavy (non-hydrogen) atoms. The van der Waals surface area contributed by atoms with E-state index in [0.717, 1.165) is 60.4 Å². The van der Waals surface area contributed by atoms with Crippen molar-refractivity contribution in [1.29, 1.82) is 0 Å². The van der Waals surface area contributed by atoms with E-state index in [1.807, 2.05) is 50.9 Å². The van der Waals surface area contributed by atoms with Crippen LogP contribution in [0.5, 0.6) is 5.75 Å². The molecule has 3 atom stereocenters. The van der Waals surface area contributed by atoms with Crippen LogP contribution in [-0.2, 0) is 16.0 Å². The number of fused-ring (bicyclic) bond motifs is 1. The number of ether oxygens (including phenoxy) is 2. The minimum absolute atomic E-state index is 0.143. The minimum Gasteiger partial charge on any atom is -0.496 e. The number of hydrogen-bond donors (Lipinski definition) is 1. The van der Waals surface area contributed by atoms with E-state index in [2.05, 4.69) is 29.6 Å². The van der Waals surface area contributed by atoms with E-state index < -0.39 is 5.60 Å². The van der Waals surface area contributed by atoms with Crippen molar-refractivity contribution in [2.24, 2.45) is 0 Å². The summed E-state index contributed by atoms with van der Waals surface area (Å²) in [6.45, 7) is 7.18. The third-order valence-electron chi connectivity index (χ3n) is 8.13. The van der Waals surface area contributed by atoms with Crippen LogP contribution >= 0.6 is 0 Å². The molecule has 198 valence electrons. The summed E-state index contributed by atoms with van der Waals surface area (Å²) < 4.78 is 11.7. The fourth-order valence-corrected chi connectivity index (χ4v) is 6.49. The second kappa shape index (κ2) is 9.67.